The molecule has 0 bridgehead atoms. The van der Waals surface area contributed by atoms with E-state index in [1.165, 1.54) is 11.8 Å². The number of oxazole rings is 1. The first-order chi connectivity index (χ1) is 14.8. The molecule has 1 aliphatic rings. The summed E-state index contributed by atoms with van der Waals surface area (Å²) in [5, 5.41) is 7.03. The second-order valence-corrected chi connectivity index (χ2v) is 7.54. The van der Waals surface area contributed by atoms with Crippen molar-refractivity contribution in [2.45, 2.75) is 26.1 Å². The topological polar surface area (TPSA) is 79.4 Å². The summed E-state index contributed by atoms with van der Waals surface area (Å²) in [6.07, 6.45) is 5.92. The SMILES string of the molecule is O=C(NCCCn1cccn1)c1coc(CN2CCN(Cc3ccccc3)CC2)n1. The highest BCUT2D eigenvalue weighted by Gasteiger charge is 2.19. The number of hydrogen-bond donors (Lipinski definition) is 1. The van der Waals surface area contributed by atoms with Crippen molar-refractivity contribution in [1.29, 1.82) is 0 Å². The molecule has 1 N–H and O–H groups in total. The molecule has 1 saturated heterocycles. The van der Waals surface area contributed by atoms with Crippen LogP contribution in [0.5, 0.6) is 0 Å². The van der Waals surface area contributed by atoms with Crippen molar-refractivity contribution in [1.82, 2.24) is 29.9 Å². The lowest BCUT2D eigenvalue weighted by molar-refractivity contribution is 0.0947. The van der Waals surface area contributed by atoms with Gasteiger partial charge >= 0.3 is 0 Å². The monoisotopic (exact) mass is 408 g/mol. The standard InChI is InChI=1S/C22H28N6O2/c29-22(23-8-4-10-28-11-5-9-24-28)20-18-30-21(25-20)17-27-14-12-26(13-15-27)16-19-6-2-1-3-7-19/h1-3,5-7,9,11,18H,4,8,10,12-17H2,(H,23,29). The van der Waals surface area contributed by atoms with Crippen molar-refractivity contribution in [2.75, 3.05) is 32.7 Å². The van der Waals surface area contributed by atoms with Crippen LogP contribution in [0.4, 0.5) is 0 Å². The molecule has 1 amide bonds. The first-order valence-electron chi connectivity index (χ1n) is 10.4. The first kappa shape index (κ1) is 20.3. The number of benzene rings is 1. The summed E-state index contributed by atoms with van der Waals surface area (Å²) in [6, 6.07) is 12.4. The predicted molar refractivity (Wildman–Crippen MR) is 113 cm³/mol. The number of rotatable bonds is 9. The van der Waals surface area contributed by atoms with Gasteiger partial charge in [0.05, 0.1) is 6.54 Å². The first-order valence-corrected chi connectivity index (χ1v) is 10.4. The Kier molecular flexibility index (Phi) is 6.89. The van der Waals surface area contributed by atoms with E-state index in [4.69, 9.17) is 4.42 Å². The van der Waals surface area contributed by atoms with Gasteiger partial charge in [-0.2, -0.15) is 5.10 Å². The summed E-state index contributed by atoms with van der Waals surface area (Å²) in [5.41, 5.74) is 1.69. The van der Waals surface area contributed by atoms with Crippen LogP contribution in [0.3, 0.4) is 0 Å². The summed E-state index contributed by atoms with van der Waals surface area (Å²) in [5.74, 6) is 0.395. The van der Waals surface area contributed by atoms with E-state index in [-0.39, 0.29) is 5.91 Å². The number of aryl methyl sites for hydroxylation is 1. The van der Waals surface area contributed by atoms with Gasteiger partial charge in [-0.3, -0.25) is 19.3 Å². The number of piperazine rings is 1. The number of nitrogens with one attached hydrogen (secondary N) is 1. The molecule has 0 saturated carbocycles. The lowest BCUT2D eigenvalue weighted by Crippen LogP contribution is -2.45. The third-order valence-corrected chi connectivity index (χ3v) is 5.27. The quantitative estimate of drug-likeness (QED) is 0.546. The molecule has 1 fully saturated rings. The second-order valence-electron chi connectivity index (χ2n) is 7.54. The Morgan fingerprint density at radius 3 is 2.53 bits per heavy atom. The van der Waals surface area contributed by atoms with E-state index in [0.717, 1.165) is 45.7 Å². The molecule has 4 rings (SSSR count). The van der Waals surface area contributed by atoms with Crippen molar-refractivity contribution < 1.29 is 9.21 Å². The number of hydrogen-bond acceptors (Lipinski definition) is 6. The van der Waals surface area contributed by atoms with Crippen molar-refractivity contribution >= 4 is 5.91 Å². The maximum absolute atomic E-state index is 12.3. The largest absolute Gasteiger partial charge is 0.447 e. The smallest absolute Gasteiger partial charge is 0.273 e. The van der Waals surface area contributed by atoms with Crippen LogP contribution in [0.25, 0.3) is 0 Å². The van der Waals surface area contributed by atoms with E-state index in [0.29, 0.717) is 24.7 Å². The minimum atomic E-state index is -0.196. The molecule has 0 spiro atoms. The van der Waals surface area contributed by atoms with E-state index < -0.39 is 0 Å². The highest BCUT2D eigenvalue weighted by Crippen LogP contribution is 2.11. The molecular weight excluding hydrogens is 380 g/mol. The van der Waals surface area contributed by atoms with E-state index in [9.17, 15) is 4.79 Å². The molecule has 8 nitrogen and oxygen atoms in total. The Hall–Kier alpha value is -2.97. The summed E-state index contributed by atoms with van der Waals surface area (Å²) in [7, 11) is 0. The molecule has 2 aromatic heterocycles. The van der Waals surface area contributed by atoms with Crippen LogP contribution in [0.1, 0.15) is 28.4 Å². The fourth-order valence-electron chi connectivity index (χ4n) is 3.59. The number of carbonyl (C=O) groups is 1. The van der Waals surface area contributed by atoms with Gasteiger partial charge in [0.1, 0.15) is 6.26 Å². The summed E-state index contributed by atoms with van der Waals surface area (Å²) >= 11 is 0. The zero-order valence-corrected chi connectivity index (χ0v) is 17.1. The predicted octanol–water partition coefficient (Wildman–Crippen LogP) is 2.01. The van der Waals surface area contributed by atoms with E-state index >= 15 is 0 Å². The third kappa shape index (κ3) is 5.77. The summed E-state index contributed by atoms with van der Waals surface area (Å²) < 4.78 is 7.38. The fraction of sp³-hybridized carbons (Fsp3) is 0.409. The molecule has 1 aromatic carbocycles. The van der Waals surface area contributed by atoms with Gasteiger partial charge in [0.25, 0.3) is 5.91 Å². The molecule has 1 aliphatic heterocycles. The van der Waals surface area contributed by atoms with Crippen LogP contribution in [-0.4, -0.2) is 63.2 Å². The molecule has 158 valence electrons. The van der Waals surface area contributed by atoms with Gasteiger partial charge in [0.2, 0.25) is 5.89 Å². The Morgan fingerprint density at radius 1 is 1.03 bits per heavy atom. The lowest BCUT2D eigenvalue weighted by atomic mass is 10.2. The van der Waals surface area contributed by atoms with Crippen LogP contribution >= 0.6 is 0 Å². The van der Waals surface area contributed by atoms with Crippen molar-refractivity contribution in [3.8, 4) is 0 Å². The van der Waals surface area contributed by atoms with E-state index in [2.05, 4.69) is 49.5 Å². The van der Waals surface area contributed by atoms with Crippen molar-refractivity contribution in [2.24, 2.45) is 0 Å². The molecular formula is C22H28N6O2. The highest BCUT2D eigenvalue weighted by atomic mass is 16.3. The van der Waals surface area contributed by atoms with Gasteiger partial charge < -0.3 is 9.73 Å². The maximum atomic E-state index is 12.3. The molecule has 0 unspecified atom stereocenters. The van der Waals surface area contributed by atoms with Gasteiger partial charge in [-0.05, 0) is 18.1 Å². The normalized spacial score (nSPS) is 15.3. The third-order valence-electron chi connectivity index (χ3n) is 5.27. The molecule has 8 heteroatoms. The number of amides is 1. The Bertz CT molecular complexity index is 901. The minimum Gasteiger partial charge on any atom is -0.447 e. The molecule has 0 radical (unpaired) electrons. The van der Waals surface area contributed by atoms with Gasteiger partial charge in [0.15, 0.2) is 5.69 Å². The van der Waals surface area contributed by atoms with Crippen LogP contribution in [0.15, 0.2) is 59.5 Å². The Labute approximate surface area is 176 Å². The summed E-state index contributed by atoms with van der Waals surface area (Å²) in [4.78, 5) is 21.4. The van der Waals surface area contributed by atoms with Gasteiger partial charge in [0, 0.05) is 58.2 Å². The molecule has 0 aliphatic carbocycles. The van der Waals surface area contributed by atoms with Gasteiger partial charge in [-0.25, -0.2) is 4.98 Å². The van der Waals surface area contributed by atoms with Crippen LogP contribution < -0.4 is 5.32 Å². The van der Waals surface area contributed by atoms with Crippen molar-refractivity contribution in [3.63, 3.8) is 0 Å². The summed E-state index contributed by atoms with van der Waals surface area (Å²) in [6.45, 7) is 6.91. The molecule has 3 aromatic rings. The van der Waals surface area contributed by atoms with Crippen molar-refractivity contribution in [3.05, 3.63) is 72.2 Å². The molecule has 30 heavy (non-hydrogen) atoms. The lowest BCUT2D eigenvalue weighted by Gasteiger charge is -2.34. The average Bonchev–Trinajstić information content (AvgIpc) is 3.46. The molecule has 3 heterocycles. The molecule has 0 atom stereocenters. The van der Waals surface area contributed by atoms with Gasteiger partial charge in [-0.1, -0.05) is 30.3 Å². The van der Waals surface area contributed by atoms with Crippen LogP contribution in [-0.2, 0) is 19.6 Å². The maximum Gasteiger partial charge on any atom is 0.273 e. The number of carbonyl (C=O) groups excluding carboxylic acids is 1. The highest BCUT2D eigenvalue weighted by molar-refractivity contribution is 5.91. The Balaban J connectivity index is 1.17. The average molecular weight is 409 g/mol. The minimum absolute atomic E-state index is 0.196. The fourth-order valence-corrected chi connectivity index (χ4v) is 3.59. The zero-order valence-electron chi connectivity index (χ0n) is 17.1. The van der Waals surface area contributed by atoms with Gasteiger partial charge in [-0.15, -0.1) is 0 Å². The van der Waals surface area contributed by atoms with E-state index in [1.54, 1.807) is 6.20 Å². The van der Waals surface area contributed by atoms with E-state index in [1.807, 2.05) is 23.0 Å². The second kappa shape index (κ2) is 10.2. The number of nitrogens with zero attached hydrogens (tertiary/aromatic N) is 5. The van der Waals surface area contributed by atoms with Crippen LogP contribution in [0, 0.1) is 0 Å². The number of aromatic nitrogens is 3. The Morgan fingerprint density at radius 2 is 1.80 bits per heavy atom. The van der Waals surface area contributed by atoms with Crippen LogP contribution in [0.2, 0.25) is 0 Å². The zero-order chi connectivity index (χ0) is 20.6.